The number of benzene rings is 1. The van der Waals surface area contributed by atoms with Crippen LogP contribution in [0.15, 0.2) is 18.2 Å². The molecule has 0 fully saturated rings. The van der Waals surface area contributed by atoms with Gasteiger partial charge >= 0.3 is 0 Å². The maximum Gasteiger partial charge on any atom is 0.257 e. The van der Waals surface area contributed by atoms with Crippen molar-refractivity contribution in [1.82, 2.24) is 4.90 Å². The first-order chi connectivity index (χ1) is 8.15. The fraction of sp³-hybridized carbons (Fsp3) is 0.462. The van der Waals surface area contributed by atoms with E-state index in [2.05, 4.69) is 0 Å². The van der Waals surface area contributed by atoms with Crippen molar-refractivity contribution >= 4 is 11.6 Å². The molecule has 0 bridgehead atoms. The van der Waals surface area contributed by atoms with Gasteiger partial charge in [-0.2, -0.15) is 0 Å². The molecule has 0 aliphatic heterocycles. The van der Waals surface area contributed by atoms with Gasteiger partial charge in [0, 0.05) is 13.1 Å². The largest absolute Gasteiger partial charge is 0.491 e. The number of ether oxygens (including phenoxy) is 1. The smallest absolute Gasteiger partial charge is 0.257 e. The molecule has 0 heterocycles. The molecule has 0 radical (unpaired) electrons. The van der Waals surface area contributed by atoms with Gasteiger partial charge in [-0.15, -0.1) is 0 Å². The van der Waals surface area contributed by atoms with Crippen LogP contribution in [0.25, 0.3) is 0 Å². The summed E-state index contributed by atoms with van der Waals surface area (Å²) >= 11 is 0. The number of nitrogens with zero attached hydrogens (tertiary/aromatic N) is 1. The van der Waals surface area contributed by atoms with Crippen molar-refractivity contribution in [3.63, 3.8) is 0 Å². The van der Waals surface area contributed by atoms with E-state index in [-0.39, 0.29) is 5.91 Å². The van der Waals surface area contributed by atoms with E-state index in [9.17, 15) is 4.79 Å². The van der Waals surface area contributed by atoms with Gasteiger partial charge in [0.15, 0.2) is 5.75 Å². The second-order valence-electron chi connectivity index (χ2n) is 3.63. The van der Waals surface area contributed by atoms with Crippen LogP contribution in [0.3, 0.4) is 0 Å². The molecule has 1 amide bonds. The lowest BCUT2D eigenvalue weighted by atomic mass is 10.1. The number of anilines is 1. The van der Waals surface area contributed by atoms with E-state index in [1.807, 2.05) is 20.8 Å². The summed E-state index contributed by atoms with van der Waals surface area (Å²) in [6, 6.07) is 5.26. The minimum atomic E-state index is -0.0363. The Morgan fingerprint density at radius 2 is 1.94 bits per heavy atom. The summed E-state index contributed by atoms with van der Waals surface area (Å²) in [6.45, 7) is 7.62. The van der Waals surface area contributed by atoms with Crippen molar-refractivity contribution in [2.24, 2.45) is 0 Å². The number of para-hydroxylation sites is 1. The fourth-order valence-electron chi connectivity index (χ4n) is 1.71. The van der Waals surface area contributed by atoms with Crippen LogP contribution in [0.1, 0.15) is 31.1 Å². The third-order valence-electron chi connectivity index (χ3n) is 2.62. The number of hydrogen-bond donors (Lipinski definition) is 1. The molecule has 4 nitrogen and oxygen atoms in total. The number of carbonyl (C=O) groups excluding carboxylic acids is 1. The molecule has 0 aliphatic carbocycles. The van der Waals surface area contributed by atoms with E-state index >= 15 is 0 Å². The van der Waals surface area contributed by atoms with Crippen LogP contribution in [0, 0.1) is 0 Å². The highest BCUT2D eigenvalue weighted by molar-refractivity contribution is 5.98. The van der Waals surface area contributed by atoms with Crippen molar-refractivity contribution in [3.8, 4) is 5.75 Å². The summed E-state index contributed by atoms with van der Waals surface area (Å²) in [6.07, 6.45) is 0. The standard InChI is InChI=1S/C13H20N2O2/c1-4-15(5-2)13(16)10-8-7-9-11(14)12(10)17-6-3/h7-9H,4-6,14H2,1-3H3. The molecular formula is C13H20N2O2. The molecular weight excluding hydrogens is 216 g/mol. The van der Waals surface area contributed by atoms with Crippen molar-refractivity contribution in [1.29, 1.82) is 0 Å². The Morgan fingerprint density at radius 1 is 1.29 bits per heavy atom. The molecule has 17 heavy (non-hydrogen) atoms. The molecule has 0 aromatic heterocycles. The molecule has 0 spiro atoms. The van der Waals surface area contributed by atoms with Crippen LogP contribution in [0.4, 0.5) is 5.69 Å². The zero-order valence-electron chi connectivity index (χ0n) is 10.7. The Kier molecular flexibility index (Phi) is 4.82. The van der Waals surface area contributed by atoms with Gasteiger partial charge in [-0.25, -0.2) is 0 Å². The molecule has 4 heteroatoms. The zero-order chi connectivity index (χ0) is 12.8. The summed E-state index contributed by atoms with van der Waals surface area (Å²) in [5, 5.41) is 0. The third kappa shape index (κ3) is 2.90. The van der Waals surface area contributed by atoms with Crippen LogP contribution in [-0.2, 0) is 0 Å². The topological polar surface area (TPSA) is 55.6 Å². The van der Waals surface area contributed by atoms with Gasteiger partial charge in [-0.3, -0.25) is 4.79 Å². The number of amides is 1. The maximum atomic E-state index is 12.2. The van der Waals surface area contributed by atoms with E-state index in [4.69, 9.17) is 10.5 Å². The van der Waals surface area contributed by atoms with E-state index < -0.39 is 0 Å². The Morgan fingerprint density at radius 3 is 2.47 bits per heavy atom. The molecule has 0 saturated carbocycles. The van der Waals surface area contributed by atoms with Crippen molar-refractivity contribution in [3.05, 3.63) is 23.8 Å². The van der Waals surface area contributed by atoms with Crippen LogP contribution >= 0.6 is 0 Å². The van der Waals surface area contributed by atoms with Crippen LogP contribution in [-0.4, -0.2) is 30.5 Å². The highest BCUT2D eigenvalue weighted by atomic mass is 16.5. The Balaban J connectivity index is 3.12. The lowest BCUT2D eigenvalue weighted by Crippen LogP contribution is -2.30. The van der Waals surface area contributed by atoms with E-state index in [1.165, 1.54) is 0 Å². The average Bonchev–Trinajstić information content (AvgIpc) is 2.33. The number of hydrogen-bond acceptors (Lipinski definition) is 3. The fourth-order valence-corrected chi connectivity index (χ4v) is 1.71. The average molecular weight is 236 g/mol. The number of nitrogens with two attached hydrogens (primary N) is 1. The predicted octanol–water partition coefficient (Wildman–Crippen LogP) is 2.15. The molecule has 0 aliphatic rings. The van der Waals surface area contributed by atoms with Gasteiger partial charge < -0.3 is 15.4 Å². The van der Waals surface area contributed by atoms with Crippen molar-refractivity contribution in [2.45, 2.75) is 20.8 Å². The quantitative estimate of drug-likeness (QED) is 0.797. The minimum Gasteiger partial charge on any atom is -0.491 e. The highest BCUT2D eigenvalue weighted by Crippen LogP contribution is 2.27. The lowest BCUT2D eigenvalue weighted by molar-refractivity contribution is 0.0769. The van der Waals surface area contributed by atoms with Crippen molar-refractivity contribution < 1.29 is 9.53 Å². The molecule has 0 unspecified atom stereocenters. The molecule has 0 atom stereocenters. The third-order valence-corrected chi connectivity index (χ3v) is 2.62. The van der Waals surface area contributed by atoms with Gasteiger partial charge in [-0.05, 0) is 32.9 Å². The van der Waals surface area contributed by atoms with Gasteiger partial charge in [0.1, 0.15) is 0 Å². The van der Waals surface area contributed by atoms with Gasteiger partial charge in [-0.1, -0.05) is 6.07 Å². The first-order valence-electron chi connectivity index (χ1n) is 5.96. The first kappa shape index (κ1) is 13.4. The van der Waals surface area contributed by atoms with Gasteiger partial charge in [0.2, 0.25) is 0 Å². The summed E-state index contributed by atoms with van der Waals surface area (Å²) in [7, 11) is 0. The molecule has 1 aromatic rings. The lowest BCUT2D eigenvalue weighted by Gasteiger charge is -2.20. The summed E-state index contributed by atoms with van der Waals surface area (Å²) < 4.78 is 5.46. The van der Waals surface area contributed by atoms with Crippen molar-refractivity contribution in [2.75, 3.05) is 25.4 Å². The summed E-state index contributed by atoms with van der Waals surface area (Å²) in [4.78, 5) is 14.0. The first-order valence-corrected chi connectivity index (χ1v) is 5.96. The Bertz CT molecular complexity index is 387. The Labute approximate surface area is 102 Å². The molecule has 0 saturated heterocycles. The highest BCUT2D eigenvalue weighted by Gasteiger charge is 2.18. The summed E-state index contributed by atoms with van der Waals surface area (Å²) in [5.74, 6) is 0.456. The Hall–Kier alpha value is -1.71. The second-order valence-corrected chi connectivity index (χ2v) is 3.63. The minimum absolute atomic E-state index is 0.0363. The zero-order valence-corrected chi connectivity index (χ0v) is 10.7. The molecule has 1 rings (SSSR count). The molecule has 94 valence electrons. The maximum absolute atomic E-state index is 12.2. The van der Waals surface area contributed by atoms with Crippen LogP contribution in [0.2, 0.25) is 0 Å². The predicted molar refractivity (Wildman–Crippen MR) is 69.3 cm³/mol. The van der Waals surface area contributed by atoms with Crippen LogP contribution in [0.5, 0.6) is 5.75 Å². The van der Waals surface area contributed by atoms with E-state index in [0.717, 1.165) is 0 Å². The van der Waals surface area contributed by atoms with E-state index in [1.54, 1.807) is 23.1 Å². The van der Waals surface area contributed by atoms with Gasteiger partial charge in [0.25, 0.3) is 5.91 Å². The van der Waals surface area contributed by atoms with Gasteiger partial charge in [0.05, 0.1) is 17.9 Å². The molecule has 2 N–H and O–H groups in total. The normalized spacial score (nSPS) is 10.1. The SMILES string of the molecule is CCOc1c(N)cccc1C(=O)N(CC)CC. The molecule has 1 aromatic carbocycles. The van der Waals surface area contributed by atoms with Crippen LogP contribution < -0.4 is 10.5 Å². The number of rotatable bonds is 5. The summed E-state index contributed by atoms with van der Waals surface area (Å²) in [5.41, 5.74) is 6.87. The number of carbonyl (C=O) groups is 1. The monoisotopic (exact) mass is 236 g/mol. The van der Waals surface area contributed by atoms with E-state index in [0.29, 0.717) is 36.7 Å². The number of nitrogen functional groups attached to an aromatic ring is 1. The second kappa shape index (κ2) is 6.13.